The molecule has 0 bridgehead atoms. The maximum Gasteiger partial charge on any atom is 0.252 e. The lowest BCUT2D eigenvalue weighted by molar-refractivity contribution is 0.0283. The number of nitrogens with zero attached hydrogens (tertiary/aromatic N) is 2. The monoisotopic (exact) mass is 249 g/mol. The predicted octanol–water partition coefficient (Wildman–Crippen LogP) is 0.583. The highest BCUT2D eigenvalue weighted by Crippen LogP contribution is 2.17. The lowest BCUT2D eigenvalue weighted by atomic mass is 10.2. The topological polar surface area (TPSA) is 89.9 Å². The van der Waals surface area contributed by atoms with Crippen molar-refractivity contribution in [3.05, 3.63) is 30.1 Å². The number of carbonyl (C=O) groups is 1. The summed E-state index contributed by atoms with van der Waals surface area (Å²) in [5.74, 6) is 0.0407. The third kappa shape index (κ3) is 2.60. The van der Waals surface area contributed by atoms with Crippen LogP contribution in [0.3, 0.4) is 0 Å². The van der Waals surface area contributed by atoms with E-state index in [1.807, 2.05) is 0 Å². The van der Waals surface area contributed by atoms with Crippen LogP contribution in [0.5, 0.6) is 5.75 Å². The maximum atomic E-state index is 11.1. The molecule has 0 saturated heterocycles. The van der Waals surface area contributed by atoms with E-state index in [0.29, 0.717) is 16.8 Å². The summed E-state index contributed by atoms with van der Waals surface area (Å²) in [6, 6.07) is 3.40. The first-order valence-corrected chi connectivity index (χ1v) is 5.49. The Bertz CT molecular complexity index is 584. The number of aliphatic hydroxyl groups is 1. The minimum absolute atomic E-state index is 0.169. The first kappa shape index (κ1) is 12.4. The van der Waals surface area contributed by atoms with E-state index in [1.54, 1.807) is 32.2 Å². The van der Waals surface area contributed by atoms with Crippen LogP contribution in [0.15, 0.2) is 24.5 Å². The van der Waals surface area contributed by atoms with Crippen molar-refractivity contribution in [2.75, 3.05) is 6.61 Å². The number of pyridine rings is 1. The molecule has 0 aliphatic carbocycles. The first-order valence-electron chi connectivity index (χ1n) is 5.49. The molecule has 2 aromatic heterocycles. The second kappa shape index (κ2) is 4.30. The number of ether oxygens (including phenoxy) is 1. The molecular formula is C12H15N3O3. The zero-order chi connectivity index (χ0) is 13.3. The number of amides is 1. The number of rotatable bonds is 4. The van der Waals surface area contributed by atoms with Crippen molar-refractivity contribution in [2.45, 2.75) is 19.4 Å². The Kier molecular flexibility index (Phi) is 2.96. The van der Waals surface area contributed by atoms with Crippen molar-refractivity contribution in [3.63, 3.8) is 0 Å². The third-order valence-electron chi connectivity index (χ3n) is 2.35. The summed E-state index contributed by atoms with van der Waals surface area (Å²) >= 11 is 0. The fraction of sp³-hybridized carbons (Fsp3) is 0.333. The van der Waals surface area contributed by atoms with Crippen LogP contribution >= 0.6 is 0 Å². The van der Waals surface area contributed by atoms with Crippen LogP contribution in [0.1, 0.15) is 24.2 Å². The smallest absolute Gasteiger partial charge is 0.252 e. The molecule has 0 aromatic carbocycles. The lowest BCUT2D eigenvalue weighted by Gasteiger charge is -2.17. The number of primary amides is 1. The molecule has 6 nitrogen and oxygen atoms in total. The molecule has 0 aliphatic heterocycles. The van der Waals surface area contributed by atoms with Crippen molar-refractivity contribution in [1.29, 1.82) is 0 Å². The van der Waals surface area contributed by atoms with Gasteiger partial charge in [-0.3, -0.25) is 4.79 Å². The van der Waals surface area contributed by atoms with Crippen LogP contribution in [-0.4, -0.2) is 32.8 Å². The van der Waals surface area contributed by atoms with Gasteiger partial charge >= 0.3 is 0 Å². The van der Waals surface area contributed by atoms with Gasteiger partial charge in [-0.1, -0.05) is 0 Å². The van der Waals surface area contributed by atoms with Crippen LogP contribution < -0.4 is 10.5 Å². The molecule has 0 spiro atoms. The Morgan fingerprint density at radius 2 is 2.28 bits per heavy atom. The molecule has 0 unspecified atom stereocenters. The largest absolute Gasteiger partial charge is 0.489 e. The molecule has 0 atom stereocenters. The van der Waals surface area contributed by atoms with Gasteiger partial charge in [0.25, 0.3) is 5.91 Å². The number of aromatic nitrogens is 2. The molecule has 0 saturated carbocycles. The van der Waals surface area contributed by atoms with E-state index < -0.39 is 11.5 Å². The predicted molar refractivity (Wildman–Crippen MR) is 65.5 cm³/mol. The molecule has 2 heterocycles. The minimum atomic E-state index is -0.905. The fourth-order valence-corrected chi connectivity index (χ4v) is 1.50. The molecule has 2 rings (SSSR count). The number of nitrogens with two attached hydrogens (primary N) is 1. The summed E-state index contributed by atoms with van der Waals surface area (Å²) in [4.78, 5) is 11.1. The van der Waals surface area contributed by atoms with E-state index in [4.69, 9.17) is 10.5 Å². The highest BCUT2D eigenvalue weighted by molar-refractivity contribution is 5.99. The van der Waals surface area contributed by atoms with Gasteiger partial charge in [-0.15, -0.1) is 0 Å². The Morgan fingerprint density at radius 1 is 1.56 bits per heavy atom. The van der Waals surface area contributed by atoms with Gasteiger partial charge in [0.05, 0.1) is 29.1 Å². The van der Waals surface area contributed by atoms with Gasteiger partial charge in [0.1, 0.15) is 12.4 Å². The molecule has 96 valence electrons. The van der Waals surface area contributed by atoms with Gasteiger partial charge in [0.2, 0.25) is 0 Å². The standard InChI is InChI=1S/C12H15N3O3/c1-12(2,17)7-18-8-3-4-10-9(11(13)16)5-14-15(10)6-8/h3-6,17H,7H2,1-2H3,(H2,13,16). The van der Waals surface area contributed by atoms with Gasteiger partial charge in [0, 0.05) is 0 Å². The van der Waals surface area contributed by atoms with E-state index in [9.17, 15) is 9.90 Å². The van der Waals surface area contributed by atoms with Crippen molar-refractivity contribution in [3.8, 4) is 5.75 Å². The summed E-state index contributed by atoms with van der Waals surface area (Å²) in [7, 11) is 0. The first-order chi connectivity index (χ1) is 8.37. The highest BCUT2D eigenvalue weighted by Gasteiger charge is 2.14. The summed E-state index contributed by atoms with van der Waals surface area (Å²) < 4.78 is 6.93. The maximum absolute atomic E-state index is 11.1. The molecule has 18 heavy (non-hydrogen) atoms. The van der Waals surface area contributed by atoms with Crippen molar-refractivity contribution in [2.24, 2.45) is 5.73 Å². The normalized spacial score (nSPS) is 11.7. The van der Waals surface area contributed by atoms with E-state index in [2.05, 4.69) is 5.10 Å². The summed E-state index contributed by atoms with van der Waals surface area (Å²) in [6.07, 6.45) is 3.05. The summed E-state index contributed by atoms with van der Waals surface area (Å²) in [6.45, 7) is 3.48. The van der Waals surface area contributed by atoms with Crippen molar-refractivity contribution >= 4 is 11.4 Å². The van der Waals surface area contributed by atoms with Crippen LogP contribution in [0.2, 0.25) is 0 Å². The molecule has 0 aliphatic rings. The molecule has 1 amide bonds. The molecular weight excluding hydrogens is 234 g/mol. The molecule has 0 radical (unpaired) electrons. The van der Waals surface area contributed by atoms with E-state index in [-0.39, 0.29) is 6.61 Å². The zero-order valence-corrected chi connectivity index (χ0v) is 10.3. The Hall–Kier alpha value is -2.08. The molecule has 6 heteroatoms. The van der Waals surface area contributed by atoms with Crippen molar-refractivity contribution in [1.82, 2.24) is 9.61 Å². The average molecular weight is 249 g/mol. The SMILES string of the molecule is CC(C)(O)COc1ccc2c(C(N)=O)cnn2c1. The summed E-state index contributed by atoms with van der Waals surface area (Å²) in [5, 5.41) is 13.6. The number of fused-ring (bicyclic) bond motifs is 1. The molecule has 2 aromatic rings. The number of hydrogen-bond donors (Lipinski definition) is 2. The van der Waals surface area contributed by atoms with Gasteiger partial charge in [-0.25, -0.2) is 4.52 Å². The van der Waals surface area contributed by atoms with Gasteiger partial charge in [-0.2, -0.15) is 5.10 Å². The number of hydrogen-bond acceptors (Lipinski definition) is 4. The van der Waals surface area contributed by atoms with Gasteiger partial charge in [-0.05, 0) is 26.0 Å². The third-order valence-corrected chi connectivity index (χ3v) is 2.35. The number of carbonyl (C=O) groups excluding carboxylic acids is 1. The zero-order valence-electron chi connectivity index (χ0n) is 10.3. The second-order valence-electron chi connectivity index (χ2n) is 4.72. The van der Waals surface area contributed by atoms with Crippen LogP contribution in [0.4, 0.5) is 0 Å². The van der Waals surface area contributed by atoms with Gasteiger partial charge < -0.3 is 15.6 Å². The Labute approximate surface area is 104 Å². The molecule has 3 N–H and O–H groups in total. The van der Waals surface area contributed by atoms with Crippen LogP contribution in [0, 0.1) is 0 Å². The Balaban J connectivity index is 2.26. The molecule has 0 fully saturated rings. The van der Waals surface area contributed by atoms with E-state index in [0.717, 1.165) is 0 Å². The average Bonchev–Trinajstić information content (AvgIpc) is 2.68. The second-order valence-corrected chi connectivity index (χ2v) is 4.72. The van der Waals surface area contributed by atoms with Crippen LogP contribution in [0.25, 0.3) is 5.52 Å². The lowest BCUT2D eigenvalue weighted by Crippen LogP contribution is -2.27. The van der Waals surface area contributed by atoms with E-state index in [1.165, 1.54) is 10.7 Å². The Morgan fingerprint density at radius 3 is 2.89 bits per heavy atom. The van der Waals surface area contributed by atoms with Crippen LogP contribution in [-0.2, 0) is 0 Å². The quantitative estimate of drug-likeness (QED) is 0.829. The highest BCUT2D eigenvalue weighted by atomic mass is 16.5. The van der Waals surface area contributed by atoms with E-state index >= 15 is 0 Å². The fourth-order valence-electron chi connectivity index (χ4n) is 1.50. The van der Waals surface area contributed by atoms with Gasteiger partial charge in [0.15, 0.2) is 0 Å². The summed E-state index contributed by atoms with van der Waals surface area (Å²) in [5.41, 5.74) is 5.30. The van der Waals surface area contributed by atoms with Crippen molar-refractivity contribution < 1.29 is 14.6 Å². The minimum Gasteiger partial charge on any atom is -0.489 e.